The Morgan fingerprint density at radius 2 is 2.13 bits per heavy atom. The highest BCUT2D eigenvalue weighted by Gasteiger charge is 2.11. The van der Waals surface area contributed by atoms with Crippen molar-refractivity contribution in [3.05, 3.63) is 54.1 Å². The Labute approximate surface area is 134 Å². The van der Waals surface area contributed by atoms with Crippen LogP contribution in [0.15, 0.2) is 37.0 Å². The average molecular weight is 310 g/mol. The van der Waals surface area contributed by atoms with Gasteiger partial charge in [-0.25, -0.2) is 9.37 Å². The van der Waals surface area contributed by atoms with Crippen molar-refractivity contribution < 1.29 is 4.39 Å². The number of nitrogens with zero attached hydrogens (tertiary/aromatic N) is 3. The SMILES string of the molecule is C=C(C)c1cc(F)c(C)nc1Nc1ccc2c(cnn2CC)c1. The molecule has 3 rings (SSSR count). The molecule has 0 aliphatic heterocycles. The number of anilines is 2. The fourth-order valence-corrected chi connectivity index (χ4v) is 2.56. The van der Waals surface area contributed by atoms with Crippen molar-refractivity contribution in [1.29, 1.82) is 0 Å². The third kappa shape index (κ3) is 2.82. The molecular formula is C18H19FN4. The van der Waals surface area contributed by atoms with Crippen LogP contribution < -0.4 is 5.32 Å². The van der Waals surface area contributed by atoms with Crippen molar-refractivity contribution in [1.82, 2.24) is 14.8 Å². The van der Waals surface area contributed by atoms with Crippen LogP contribution in [0.4, 0.5) is 15.9 Å². The molecular weight excluding hydrogens is 291 g/mol. The van der Waals surface area contributed by atoms with E-state index in [4.69, 9.17) is 0 Å². The van der Waals surface area contributed by atoms with Crippen LogP contribution >= 0.6 is 0 Å². The number of aromatic nitrogens is 3. The summed E-state index contributed by atoms with van der Waals surface area (Å²) >= 11 is 0. The van der Waals surface area contributed by atoms with Crippen LogP contribution in [-0.2, 0) is 6.54 Å². The van der Waals surface area contributed by atoms with E-state index in [1.165, 1.54) is 6.07 Å². The van der Waals surface area contributed by atoms with E-state index in [2.05, 4.69) is 28.9 Å². The van der Waals surface area contributed by atoms with E-state index in [9.17, 15) is 4.39 Å². The zero-order valence-corrected chi connectivity index (χ0v) is 13.5. The summed E-state index contributed by atoms with van der Waals surface area (Å²) in [5, 5.41) is 8.66. The molecule has 0 aliphatic rings. The van der Waals surface area contributed by atoms with Gasteiger partial charge in [0.1, 0.15) is 11.6 Å². The van der Waals surface area contributed by atoms with Crippen LogP contribution in [0.5, 0.6) is 0 Å². The van der Waals surface area contributed by atoms with Gasteiger partial charge in [0.25, 0.3) is 0 Å². The molecule has 0 radical (unpaired) electrons. The number of aryl methyl sites for hydroxylation is 2. The van der Waals surface area contributed by atoms with E-state index in [0.29, 0.717) is 17.1 Å². The molecule has 0 saturated heterocycles. The second kappa shape index (κ2) is 5.83. The summed E-state index contributed by atoms with van der Waals surface area (Å²) in [6.07, 6.45) is 1.84. The molecule has 0 saturated carbocycles. The normalized spacial score (nSPS) is 11.0. The zero-order chi connectivity index (χ0) is 16.6. The predicted molar refractivity (Wildman–Crippen MR) is 92.3 cm³/mol. The molecule has 3 aromatic rings. The number of rotatable bonds is 4. The Morgan fingerprint density at radius 1 is 1.35 bits per heavy atom. The first-order valence-corrected chi connectivity index (χ1v) is 7.55. The standard InChI is InChI=1S/C18H19FN4/c1-5-23-17-7-6-14(8-13(17)10-20-23)22-18-15(11(2)3)9-16(19)12(4)21-18/h6-10H,2,5H2,1,3-4H3,(H,21,22). The lowest BCUT2D eigenvalue weighted by Crippen LogP contribution is -2.02. The van der Waals surface area contributed by atoms with E-state index in [1.54, 1.807) is 6.92 Å². The number of benzene rings is 1. The monoisotopic (exact) mass is 310 g/mol. The summed E-state index contributed by atoms with van der Waals surface area (Å²) in [6.45, 7) is 10.3. The first-order valence-electron chi connectivity index (χ1n) is 7.55. The van der Waals surface area contributed by atoms with Gasteiger partial charge in [0.15, 0.2) is 0 Å². The average Bonchev–Trinajstić information content (AvgIpc) is 2.92. The second-order valence-electron chi connectivity index (χ2n) is 5.59. The van der Waals surface area contributed by atoms with Crippen LogP contribution in [0.25, 0.3) is 16.5 Å². The summed E-state index contributed by atoms with van der Waals surface area (Å²) in [5.74, 6) is 0.284. The van der Waals surface area contributed by atoms with E-state index in [1.807, 2.05) is 36.0 Å². The summed E-state index contributed by atoms with van der Waals surface area (Å²) in [4.78, 5) is 4.32. The Bertz CT molecular complexity index is 895. The first kappa shape index (κ1) is 15.2. The number of halogens is 1. The minimum Gasteiger partial charge on any atom is -0.340 e. The van der Waals surface area contributed by atoms with E-state index >= 15 is 0 Å². The lowest BCUT2D eigenvalue weighted by Gasteiger charge is -2.13. The number of allylic oxidation sites excluding steroid dienone is 1. The summed E-state index contributed by atoms with van der Waals surface area (Å²) in [6, 6.07) is 7.47. The zero-order valence-electron chi connectivity index (χ0n) is 13.5. The Hall–Kier alpha value is -2.69. The largest absolute Gasteiger partial charge is 0.340 e. The van der Waals surface area contributed by atoms with Gasteiger partial charge in [0.05, 0.1) is 17.4 Å². The maximum Gasteiger partial charge on any atom is 0.145 e. The summed E-state index contributed by atoms with van der Waals surface area (Å²) in [5.41, 5.74) is 3.77. The highest BCUT2D eigenvalue weighted by molar-refractivity contribution is 5.84. The Kier molecular flexibility index (Phi) is 3.86. The third-order valence-corrected chi connectivity index (χ3v) is 3.82. The van der Waals surface area contributed by atoms with E-state index < -0.39 is 0 Å². The molecule has 0 bridgehead atoms. The topological polar surface area (TPSA) is 42.7 Å². The van der Waals surface area contributed by atoms with Crippen molar-refractivity contribution in [3.63, 3.8) is 0 Å². The quantitative estimate of drug-likeness (QED) is 0.761. The van der Waals surface area contributed by atoms with Crippen LogP contribution in [-0.4, -0.2) is 14.8 Å². The van der Waals surface area contributed by atoms with Gasteiger partial charge in [0.2, 0.25) is 0 Å². The number of pyridine rings is 1. The first-order chi connectivity index (χ1) is 11.0. The summed E-state index contributed by atoms with van der Waals surface area (Å²) in [7, 11) is 0. The van der Waals surface area contributed by atoms with Gasteiger partial charge < -0.3 is 5.32 Å². The molecule has 0 fully saturated rings. The molecule has 1 aromatic carbocycles. The maximum atomic E-state index is 13.8. The lowest BCUT2D eigenvalue weighted by atomic mass is 10.1. The van der Waals surface area contributed by atoms with Crippen LogP contribution in [0, 0.1) is 12.7 Å². The van der Waals surface area contributed by atoms with Gasteiger partial charge >= 0.3 is 0 Å². The van der Waals surface area contributed by atoms with Crippen molar-refractivity contribution in [2.75, 3.05) is 5.32 Å². The summed E-state index contributed by atoms with van der Waals surface area (Å²) < 4.78 is 15.7. The van der Waals surface area contributed by atoms with E-state index in [0.717, 1.165) is 28.7 Å². The van der Waals surface area contributed by atoms with Gasteiger partial charge in [-0.15, -0.1) is 0 Å². The minimum absolute atomic E-state index is 0.326. The molecule has 0 atom stereocenters. The van der Waals surface area contributed by atoms with E-state index in [-0.39, 0.29) is 5.82 Å². The number of hydrogen-bond acceptors (Lipinski definition) is 3. The second-order valence-corrected chi connectivity index (χ2v) is 5.59. The minimum atomic E-state index is -0.326. The number of hydrogen-bond donors (Lipinski definition) is 1. The molecule has 23 heavy (non-hydrogen) atoms. The van der Waals surface area contributed by atoms with Gasteiger partial charge in [-0.05, 0) is 50.6 Å². The maximum absolute atomic E-state index is 13.8. The molecule has 4 nitrogen and oxygen atoms in total. The molecule has 2 aromatic heterocycles. The molecule has 0 amide bonds. The fraction of sp³-hybridized carbons (Fsp3) is 0.222. The molecule has 0 unspecified atom stereocenters. The molecule has 2 heterocycles. The van der Waals surface area contributed by atoms with Crippen molar-refractivity contribution in [2.24, 2.45) is 0 Å². The van der Waals surface area contributed by atoms with Crippen LogP contribution in [0.3, 0.4) is 0 Å². The fourth-order valence-electron chi connectivity index (χ4n) is 2.56. The smallest absolute Gasteiger partial charge is 0.145 e. The molecule has 5 heteroatoms. The predicted octanol–water partition coefficient (Wildman–Crippen LogP) is 4.68. The lowest BCUT2D eigenvalue weighted by molar-refractivity contribution is 0.610. The highest BCUT2D eigenvalue weighted by atomic mass is 19.1. The van der Waals surface area contributed by atoms with Crippen LogP contribution in [0.1, 0.15) is 25.1 Å². The Morgan fingerprint density at radius 3 is 2.83 bits per heavy atom. The third-order valence-electron chi connectivity index (χ3n) is 3.82. The molecule has 118 valence electrons. The van der Waals surface area contributed by atoms with Gasteiger partial charge in [-0.1, -0.05) is 6.58 Å². The van der Waals surface area contributed by atoms with Crippen molar-refractivity contribution >= 4 is 28.0 Å². The van der Waals surface area contributed by atoms with Gasteiger partial charge in [-0.3, -0.25) is 4.68 Å². The van der Waals surface area contributed by atoms with Gasteiger partial charge in [-0.2, -0.15) is 5.10 Å². The molecule has 0 spiro atoms. The van der Waals surface area contributed by atoms with Crippen molar-refractivity contribution in [3.8, 4) is 0 Å². The number of fused-ring (bicyclic) bond motifs is 1. The van der Waals surface area contributed by atoms with Crippen LogP contribution in [0.2, 0.25) is 0 Å². The number of nitrogens with one attached hydrogen (secondary N) is 1. The molecule has 0 aliphatic carbocycles. The molecule has 1 N–H and O–H groups in total. The Balaban J connectivity index is 2.01. The van der Waals surface area contributed by atoms with Gasteiger partial charge in [0, 0.05) is 23.2 Å². The highest BCUT2D eigenvalue weighted by Crippen LogP contribution is 2.27. The van der Waals surface area contributed by atoms with Crippen molar-refractivity contribution in [2.45, 2.75) is 27.3 Å².